The zero-order chi connectivity index (χ0) is 17.3. The predicted molar refractivity (Wildman–Crippen MR) is 79.5 cm³/mol. The standard InChI is InChI=1S/C14H17F3N2O3S/c1-10-2-4-11(5-3-10)19-8-6-12(13(19)20)18-23(21,22)9-7-14(15,16)17/h2-5,12,18H,6-9H2,1H3. The lowest BCUT2D eigenvalue weighted by Crippen LogP contribution is -2.42. The fraction of sp³-hybridized carbons (Fsp3) is 0.500. The topological polar surface area (TPSA) is 66.5 Å². The normalized spacial score (nSPS) is 19.4. The molecular formula is C14H17F3N2O3S. The summed E-state index contributed by atoms with van der Waals surface area (Å²) in [6.45, 7) is 2.21. The molecule has 1 aliphatic rings. The fourth-order valence-electron chi connectivity index (χ4n) is 2.30. The molecule has 23 heavy (non-hydrogen) atoms. The van der Waals surface area contributed by atoms with E-state index in [1.54, 1.807) is 12.1 Å². The van der Waals surface area contributed by atoms with Gasteiger partial charge in [0.1, 0.15) is 6.04 Å². The number of rotatable bonds is 5. The molecule has 9 heteroatoms. The van der Waals surface area contributed by atoms with Crippen LogP contribution in [0.1, 0.15) is 18.4 Å². The van der Waals surface area contributed by atoms with Crippen LogP contribution in [0.3, 0.4) is 0 Å². The third-order valence-electron chi connectivity index (χ3n) is 3.53. The third kappa shape index (κ3) is 4.93. The summed E-state index contributed by atoms with van der Waals surface area (Å²) in [6, 6.07) is 6.11. The minimum absolute atomic E-state index is 0.220. The first-order chi connectivity index (χ1) is 10.6. The van der Waals surface area contributed by atoms with Crippen LogP contribution < -0.4 is 9.62 Å². The van der Waals surface area contributed by atoms with E-state index in [0.29, 0.717) is 12.2 Å². The molecule has 0 radical (unpaired) electrons. The van der Waals surface area contributed by atoms with Crippen molar-refractivity contribution in [2.75, 3.05) is 17.2 Å². The van der Waals surface area contributed by atoms with E-state index in [4.69, 9.17) is 0 Å². The Hall–Kier alpha value is -1.61. The van der Waals surface area contributed by atoms with Crippen molar-refractivity contribution in [3.63, 3.8) is 0 Å². The van der Waals surface area contributed by atoms with E-state index in [1.165, 1.54) is 4.90 Å². The summed E-state index contributed by atoms with van der Waals surface area (Å²) >= 11 is 0. The van der Waals surface area contributed by atoms with Gasteiger partial charge in [-0.15, -0.1) is 0 Å². The lowest BCUT2D eigenvalue weighted by atomic mass is 10.2. The fourth-order valence-corrected chi connectivity index (χ4v) is 3.57. The SMILES string of the molecule is Cc1ccc(N2CCC(NS(=O)(=O)CCC(F)(F)F)C2=O)cc1. The number of carbonyl (C=O) groups excluding carboxylic acids is 1. The van der Waals surface area contributed by atoms with Gasteiger partial charge < -0.3 is 4.90 Å². The second-order valence-electron chi connectivity index (χ2n) is 5.47. The molecule has 1 saturated heterocycles. The van der Waals surface area contributed by atoms with E-state index in [1.807, 2.05) is 19.1 Å². The minimum atomic E-state index is -4.55. The highest BCUT2D eigenvalue weighted by Gasteiger charge is 2.36. The predicted octanol–water partition coefficient (Wildman–Crippen LogP) is 1.97. The minimum Gasteiger partial charge on any atom is -0.311 e. The van der Waals surface area contributed by atoms with Crippen LogP contribution in [-0.4, -0.2) is 38.8 Å². The molecule has 1 N–H and O–H groups in total. The summed E-state index contributed by atoms with van der Waals surface area (Å²) in [7, 11) is -4.16. The van der Waals surface area contributed by atoms with Gasteiger partial charge in [-0.05, 0) is 25.5 Å². The number of alkyl halides is 3. The number of hydrogen-bond donors (Lipinski definition) is 1. The first-order valence-corrected chi connectivity index (χ1v) is 8.67. The van der Waals surface area contributed by atoms with Crippen molar-refractivity contribution in [2.45, 2.75) is 32.0 Å². The van der Waals surface area contributed by atoms with Gasteiger partial charge in [0.05, 0.1) is 12.2 Å². The largest absolute Gasteiger partial charge is 0.390 e. The van der Waals surface area contributed by atoms with Crippen molar-refractivity contribution in [2.24, 2.45) is 0 Å². The Morgan fingerprint density at radius 2 is 1.87 bits per heavy atom. The highest BCUT2D eigenvalue weighted by Crippen LogP contribution is 2.23. The van der Waals surface area contributed by atoms with Crippen LogP contribution in [0.15, 0.2) is 24.3 Å². The van der Waals surface area contributed by atoms with Gasteiger partial charge in [0.2, 0.25) is 15.9 Å². The average Bonchev–Trinajstić information content (AvgIpc) is 2.78. The molecule has 1 aliphatic heterocycles. The van der Waals surface area contributed by atoms with Crippen LogP contribution >= 0.6 is 0 Å². The smallest absolute Gasteiger partial charge is 0.311 e. The van der Waals surface area contributed by atoms with Gasteiger partial charge in [-0.2, -0.15) is 13.2 Å². The molecule has 1 fully saturated rings. The van der Waals surface area contributed by atoms with E-state index < -0.39 is 40.3 Å². The number of hydrogen-bond acceptors (Lipinski definition) is 3. The number of aryl methyl sites for hydroxylation is 1. The maximum Gasteiger partial charge on any atom is 0.390 e. The first kappa shape index (κ1) is 17.7. The molecule has 0 bridgehead atoms. The number of sulfonamides is 1. The summed E-state index contributed by atoms with van der Waals surface area (Å²) < 4.78 is 61.8. The Morgan fingerprint density at radius 1 is 1.26 bits per heavy atom. The summed E-state index contributed by atoms with van der Waals surface area (Å²) in [5, 5.41) is 0. The molecule has 0 aliphatic carbocycles. The molecule has 1 atom stereocenters. The molecule has 2 rings (SSSR count). The summed E-state index contributed by atoms with van der Waals surface area (Å²) in [4.78, 5) is 13.7. The molecule has 1 aromatic rings. The summed E-state index contributed by atoms with van der Waals surface area (Å²) in [5.41, 5.74) is 1.65. The number of anilines is 1. The highest BCUT2D eigenvalue weighted by atomic mass is 32.2. The highest BCUT2D eigenvalue weighted by molar-refractivity contribution is 7.89. The van der Waals surface area contributed by atoms with Crippen LogP contribution in [0.2, 0.25) is 0 Å². The summed E-state index contributed by atoms with van der Waals surface area (Å²) in [6.07, 6.45) is -5.77. The lowest BCUT2D eigenvalue weighted by Gasteiger charge is -2.17. The maximum atomic E-state index is 12.2. The van der Waals surface area contributed by atoms with Crippen molar-refractivity contribution in [3.05, 3.63) is 29.8 Å². The maximum absolute atomic E-state index is 12.2. The van der Waals surface area contributed by atoms with Crippen molar-refractivity contribution >= 4 is 21.6 Å². The Bertz CT molecular complexity index is 672. The zero-order valence-corrected chi connectivity index (χ0v) is 13.2. The molecule has 1 amide bonds. The number of halogens is 3. The molecule has 1 aromatic carbocycles. The number of benzene rings is 1. The Labute approximate surface area is 132 Å². The van der Waals surface area contributed by atoms with Crippen molar-refractivity contribution in [1.29, 1.82) is 0 Å². The van der Waals surface area contributed by atoms with E-state index in [-0.39, 0.29) is 6.42 Å². The quantitative estimate of drug-likeness (QED) is 0.883. The van der Waals surface area contributed by atoms with Crippen LogP contribution in [0.4, 0.5) is 18.9 Å². The zero-order valence-electron chi connectivity index (χ0n) is 12.4. The van der Waals surface area contributed by atoms with Gasteiger partial charge in [-0.1, -0.05) is 17.7 Å². The van der Waals surface area contributed by atoms with Crippen LogP contribution in [-0.2, 0) is 14.8 Å². The van der Waals surface area contributed by atoms with Gasteiger partial charge in [-0.25, -0.2) is 13.1 Å². The van der Waals surface area contributed by atoms with Crippen LogP contribution in [0, 0.1) is 6.92 Å². The molecule has 0 aromatic heterocycles. The second kappa shape index (κ2) is 6.48. The van der Waals surface area contributed by atoms with Gasteiger partial charge >= 0.3 is 6.18 Å². The summed E-state index contributed by atoms with van der Waals surface area (Å²) in [5.74, 6) is -1.53. The number of nitrogens with zero attached hydrogens (tertiary/aromatic N) is 1. The van der Waals surface area contributed by atoms with Gasteiger partial charge in [0.25, 0.3) is 0 Å². The third-order valence-corrected chi connectivity index (χ3v) is 4.91. The van der Waals surface area contributed by atoms with Crippen LogP contribution in [0.25, 0.3) is 0 Å². The second-order valence-corrected chi connectivity index (χ2v) is 7.34. The monoisotopic (exact) mass is 350 g/mol. The van der Waals surface area contributed by atoms with E-state index in [2.05, 4.69) is 4.72 Å². The van der Waals surface area contributed by atoms with E-state index >= 15 is 0 Å². The van der Waals surface area contributed by atoms with Crippen molar-refractivity contribution in [1.82, 2.24) is 4.72 Å². The lowest BCUT2D eigenvalue weighted by molar-refractivity contribution is -0.130. The number of amides is 1. The van der Waals surface area contributed by atoms with E-state index in [9.17, 15) is 26.4 Å². The molecule has 1 heterocycles. The molecular weight excluding hydrogens is 333 g/mol. The Kier molecular flexibility index (Phi) is 5.00. The molecule has 128 valence electrons. The number of nitrogens with one attached hydrogen (secondary N) is 1. The van der Waals surface area contributed by atoms with Crippen molar-refractivity contribution in [3.8, 4) is 0 Å². The Balaban J connectivity index is 2.00. The average molecular weight is 350 g/mol. The van der Waals surface area contributed by atoms with Gasteiger partial charge in [-0.3, -0.25) is 4.79 Å². The van der Waals surface area contributed by atoms with Gasteiger partial charge in [0.15, 0.2) is 0 Å². The molecule has 0 spiro atoms. The van der Waals surface area contributed by atoms with Crippen LogP contribution in [0.5, 0.6) is 0 Å². The first-order valence-electron chi connectivity index (χ1n) is 7.02. The molecule has 1 unspecified atom stereocenters. The number of carbonyl (C=O) groups is 1. The molecule has 5 nitrogen and oxygen atoms in total. The Morgan fingerprint density at radius 3 is 2.43 bits per heavy atom. The van der Waals surface area contributed by atoms with Crippen molar-refractivity contribution < 1.29 is 26.4 Å². The van der Waals surface area contributed by atoms with E-state index in [0.717, 1.165) is 5.56 Å². The molecule has 0 saturated carbocycles. The van der Waals surface area contributed by atoms with Gasteiger partial charge in [0, 0.05) is 12.2 Å².